The van der Waals surface area contributed by atoms with Crippen LogP contribution in [0.15, 0.2) is 30.3 Å². The molecule has 0 aliphatic heterocycles. The van der Waals surface area contributed by atoms with Crippen LogP contribution in [0, 0.1) is 0 Å². The second kappa shape index (κ2) is 4.48. The number of benzene rings is 1. The van der Waals surface area contributed by atoms with E-state index in [-0.39, 0.29) is 0 Å². The average Bonchev–Trinajstić information content (AvgIpc) is 2.03. The Kier molecular flexibility index (Phi) is 3.55. The summed E-state index contributed by atoms with van der Waals surface area (Å²) in [5, 5.41) is 1.21. The Morgan fingerprint density at radius 2 is 1.82 bits per heavy atom. The van der Waals surface area contributed by atoms with Crippen LogP contribution >= 0.6 is 8.81 Å². The zero-order valence-electron chi connectivity index (χ0n) is 6.82. The first-order valence-corrected chi connectivity index (χ1v) is 4.52. The molecule has 0 amide bonds. The van der Waals surface area contributed by atoms with Crippen molar-refractivity contribution >= 4 is 14.1 Å². The zero-order valence-corrected chi connectivity index (χ0v) is 7.71. The Morgan fingerprint density at radius 1 is 1.18 bits per heavy atom. The summed E-state index contributed by atoms with van der Waals surface area (Å²) in [5.74, 6) is 0. The molecule has 0 spiro atoms. The second-order valence-corrected chi connectivity index (χ2v) is 3.49. The number of hydrogen-bond donors (Lipinski definition) is 0. The van der Waals surface area contributed by atoms with E-state index in [1.54, 1.807) is 0 Å². The molecule has 2 heteroatoms. The molecule has 0 unspecified atom stereocenters. The van der Waals surface area contributed by atoms with Gasteiger partial charge in [-0.25, -0.2) is 0 Å². The molecule has 0 fully saturated rings. The van der Waals surface area contributed by atoms with Gasteiger partial charge in [-0.05, 0) is 13.8 Å². The molecule has 0 heterocycles. The van der Waals surface area contributed by atoms with E-state index in [0.717, 1.165) is 8.81 Å². The maximum Gasteiger partial charge on any atom is 0.0177 e. The second-order valence-electron chi connectivity index (χ2n) is 2.58. The minimum Gasteiger partial charge on any atom is -0.551 e. The summed E-state index contributed by atoms with van der Waals surface area (Å²) in [6.07, 6.45) is 0.303. The van der Waals surface area contributed by atoms with Crippen LogP contribution in [0.2, 0.25) is 0 Å². The molecule has 1 aromatic carbocycles. The lowest BCUT2D eigenvalue weighted by Gasteiger charge is -2.23. The van der Waals surface area contributed by atoms with Crippen LogP contribution in [0.1, 0.15) is 13.8 Å². The van der Waals surface area contributed by atoms with E-state index in [2.05, 4.69) is 12.1 Å². The lowest BCUT2D eigenvalue weighted by Crippen LogP contribution is -1.99. The van der Waals surface area contributed by atoms with Gasteiger partial charge in [-0.3, -0.25) is 0 Å². The first-order valence-electron chi connectivity index (χ1n) is 3.71. The van der Waals surface area contributed by atoms with Crippen molar-refractivity contribution in [2.24, 2.45) is 0 Å². The predicted octanol–water partition coefficient (Wildman–Crippen LogP) is 2.60. The smallest absolute Gasteiger partial charge is 0.0177 e. The van der Waals surface area contributed by atoms with Gasteiger partial charge in [-0.15, -0.1) is 0 Å². The van der Waals surface area contributed by atoms with Crippen molar-refractivity contribution in [3.8, 4) is 0 Å². The normalized spacial score (nSPS) is 11.5. The highest BCUT2D eigenvalue weighted by atomic mass is 31.1. The summed E-state index contributed by atoms with van der Waals surface area (Å²) in [6.45, 7) is 4.08. The SMILES string of the molecule is CC(C)O[P-]c1ccccc1. The quantitative estimate of drug-likeness (QED) is 0.629. The standard InChI is InChI=1S/C9H12OP/c1-8(2)10-11-9-6-4-3-5-7-9/h3-8H,1-2H3/q-1. The monoisotopic (exact) mass is 167 g/mol. The molecule has 0 saturated heterocycles. The van der Waals surface area contributed by atoms with Gasteiger partial charge in [-0.2, -0.15) is 5.30 Å². The van der Waals surface area contributed by atoms with Crippen LogP contribution in [-0.4, -0.2) is 6.10 Å². The van der Waals surface area contributed by atoms with Crippen molar-refractivity contribution < 1.29 is 4.52 Å². The van der Waals surface area contributed by atoms with Gasteiger partial charge in [0.2, 0.25) is 0 Å². The van der Waals surface area contributed by atoms with Crippen molar-refractivity contribution in [3.05, 3.63) is 30.3 Å². The van der Waals surface area contributed by atoms with E-state index in [9.17, 15) is 0 Å². The van der Waals surface area contributed by atoms with Crippen LogP contribution in [0.3, 0.4) is 0 Å². The van der Waals surface area contributed by atoms with Crippen molar-refractivity contribution in [3.63, 3.8) is 0 Å². The molecule has 0 radical (unpaired) electrons. The fourth-order valence-electron chi connectivity index (χ4n) is 0.655. The molecule has 0 aliphatic carbocycles. The van der Waals surface area contributed by atoms with Crippen molar-refractivity contribution in [1.29, 1.82) is 0 Å². The van der Waals surface area contributed by atoms with E-state index in [0.29, 0.717) is 6.10 Å². The highest BCUT2D eigenvalue weighted by Crippen LogP contribution is 2.13. The average molecular weight is 167 g/mol. The Morgan fingerprint density at radius 3 is 2.36 bits per heavy atom. The highest BCUT2D eigenvalue weighted by Gasteiger charge is 1.80. The van der Waals surface area contributed by atoms with Gasteiger partial charge in [0.05, 0.1) is 0 Å². The third-order valence-corrected chi connectivity index (χ3v) is 2.16. The molecule has 0 atom stereocenters. The Labute approximate surface area is 69.6 Å². The highest BCUT2D eigenvalue weighted by molar-refractivity contribution is 7.41. The summed E-state index contributed by atoms with van der Waals surface area (Å²) in [4.78, 5) is 0. The van der Waals surface area contributed by atoms with E-state index in [4.69, 9.17) is 4.52 Å². The molecule has 11 heavy (non-hydrogen) atoms. The van der Waals surface area contributed by atoms with Crippen molar-refractivity contribution in [1.82, 2.24) is 0 Å². The number of rotatable bonds is 3. The predicted molar refractivity (Wildman–Crippen MR) is 49.2 cm³/mol. The molecule has 0 N–H and O–H groups in total. The molecular formula is C9H12OP-. The first-order chi connectivity index (χ1) is 5.29. The Bertz CT molecular complexity index is 196. The largest absolute Gasteiger partial charge is 0.551 e. The van der Waals surface area contributed by atoms with Gasteiger partial charge in [0.1, 0.15) is 0 Å². The molecule has 1 rings (SSSR count). The minimum atomic E-state index is 0.303. The molecular weight excluding hydrogens is 155 g/mol. The third-order valence-electron chi connectivity index (χ3n) is 1.13. The van der Waals surface area contributed by atoms with Crippen LogP contribution in [0.4, 0.5) is 0 Å². The van der Waals surface area contributed by atoms with Gasteiger partial charge in [0, 0.05) is 6.10 Å². The van der Waals surface area contributed by atoms with Crippen LogP contribution in [0.5, 0.6) is 0 Å². The molecule has 0 saturated carbocycles. The van der Waals surface area contributed by atoms with Crippen molar-refractivity contribution in [2.45, 2.75) is 20.0 Å². The van der Waals surface area contributed by atoms with Crippen LogP contribution in [0.25, 0.3) is 0 Å². The van der Waals surface area contributed by atoms with E-state index < -0.39 is 0 Å². The molecule has 0 aliphatic rings. The lowest BCUT2D eigenvalue weighted by atomic mass is 10.4. The van der Waals surface area contributed by atoms with Gasteiger partial charge in [0.15, 0.2) is 0 Å². The summed E-state index contributed by atoms with van der Waals surface area (Å²) in [7, 11) is 0.957. The molecule has 60 valence electrons. The third kappa shape index (κ3) is 3.50. The molecule has 0 bridgehead atoms. The summed E-state index contributed by atoms with van der Waals surface area (Å²) in [6, 6.07) is 10.2. The van der Waals surface area contributed by atoms with E-state index in [1.165, 1.54) is 5.30 Å². The van der Waals surface area contributed by atoms with E-state index >= 15 is 0 Å². The van der Waals surface area contributed by atoms with Crippen LogP contribution < -0.4 is 5.30 Å². The maximum atomic E-state index is 5.40. The number of hydrogen-bond acceptors (Lipinski definition) is 1. The summed E-state index contributed by atoms with van der Waals surface area (Å²) in [5.41, 5.74) is 0. The topological polar surface area (TPSA) is 9.23 Å². The first kappa shape index (κ1) is 8.70. The van der Waals surface area contributed by atoms with Gasteiger partial charge in [-0.1, -0.05) is 30.3 Å². The summed E-state index contributed by atoms with van der Waals surface area (Å²) >= 11 is 0. The van der Waals surface area contributed by atoms with E-state index in [1.807, 2.05) is 32.0 Å². The summed E-state index contributed by atoms with van der Waals surface area (Å²) < 4.78 is 5.40. The fraction of sp³-hybridized carbons (Fsp3) is 0.333. The molecule has 0 aromatic heterocycles. The molecule has 1 aromatic rings. The van der Waals surface area contributed by atoms with Gasteiger partial charge < -0.3 is 13.3 Å². The zero-order chi connectivity index (χ0) is 8.10. The maximum absolute atomic E-state index is 5.40. The van der Waals surface area contributed by atoms with Crippen LogP contribution in [-0.2, 0) is 4.52 Å². The fourth-order valence-corrected chi connectivity index (χ4v) is 1.28. The Balaban J connectivity index is 2.39. The Hall–Kier alpha value is -0.390. The minimum absolute atomic E-state index is 0.303. The molecule has 1 nitrogen and oxygen atoms in total. The van der Waals surface area contributed by atoms with Gasteiger partial charge >= 0.3 is 0 Å². The van der Waals surface area contributed by atoms with Gasteiger partial charge in [0.25, 0.3) is 0 Å². The van der Waals surface area contributed by atoms with Crippen molar-refractivity contribution in [2.75, 3.05) is 0 Å². The lowest BCUT2D eigenvalue weighted by molar-refractivity contribution is 0.282.